The second-order valence-corrected chi connectivity index (χ2v) is 4.09. The van der Waals surface area contributed by atoms with Gasteiger partial charge in [-0.3, -0.25) is 0 Å². The highest BCUT2D eigenvalue weighted by molar-refractivity contribution is 5.66. The highest BCUT2D eigenvalue weighted by Gasteiger charge is 2.12. The van der Waals surface area contributed by atoms with E-state index in [0.717, 1.165) is 23.2 Å². The van der Waals surface area contributed by atoms with Crippen LogP contribution in [0.5, 0.6) is 0 Å². The van der Waals surface area contributed by atoms with Crippen molar-refractivity contribution in [2.24, 2.45) is 0 Å². The first kappa shape index (κ1) is 12.6. The van der Waals surface area contributed by atoms with E-state index >= 15 is 0 Å². The van der Waals surface area contributed by atoms with Crippen LogP contribution in [0.25, 0.3) is 11.5 Å². The minimum atomic E-state index is 0.374. The minimum Gasteiger partial charge on any atom is -0.398 e. The van der Waals surface area contributed by atoms with Crippen LogP contribution in [-0.4, -0.2) is 16.7 Å². The molecule has 0 fully saturated rings. The second-order valence-electron chi connectivity index (χ2n) is 4.09. The summed E-state index contributed by atoms with van der Waals surface area (Å²) in [5.41, 5.74) is 8.38. The molecule has 2 rings (SSSR count). The van der Waals surface area contributed by atoms with E-state index in [1.165, 1.54) is 0 Å². The maximum atomic E-state index is 5.85. The molecule has 1 aromatic carbocycles. The zero-order chi connectivity index (χ0) is 13.0. The van der Waals surface area contributed by atoms with Crippen molar-refractivity contribution >= 4 is 5.69 Å². The first-order chi connectivity index (χ1) is 8.72. The van der Waals surface area contributed by atoms with E-state index in [0.29, 0.717) is 24.9 Å². The van der Waals surface area contributed by atoms with Gasteiger partial charge in [-0.2, -0.15) is 4.98 Å². The molecular weight excluding hydrogens is 230 g/mol. The molecule has 0 saturated carbocycles. The van der Waals surface area contributed by atoms with Crippen molar-refractivity contribution in [3.63, 3.8) is 0 Å². The summed E-state index contributed by atoms with van der Waals surface area (Å²) < 4.78 is 10.6. The molecule has 2 N–H and O–H groups in total. The van der Waals surface area contributed by atoms with Crippen LogP contribution in [0.3, 0.4) is 0 Å². The Labute approximate surface area is 106 Å². The molecular formula is C13H17N3O2. The van der Waals surface area contributed by atoms with Crippen LogP contribution >= 0.6 is 0 Å². The monoisotopic (exact) mass is 247 g/mol. The van der Waals surface area contributed by atoms with Gasteiger partial charge in [-0.1, -0.05) is 18.1 Å². The van der Waals surface area contributed by atoms with Gasteiger partial charge >= 0.3 is 0 Å². The molecule has 1 aromatic heterocycles. The Hall–Kier alpha value is -1.88. The summed E-state index contributed by atoms with van der Waals surface area (Å²) in [6, 6.07) is 5.63. The van der Waals surface area contributed by atoms with E-state index in [1.807, 2.05) is 25.1 Å². The molecule has 0 atom stereocenters. The molecule has 0 bridgehead atoms. The van der Waals surface area contributed by atoms with E-state index in [1.54, 1.807) is 0 Å². The molecule has 0 aliphatic rings. The maximum Gasteiger partial charge on any atom is 0.258 e. The number of ether oxygens (including phenoxy) is 1. The molecule has 0 spiro atoms. The third-order valence-electron chi connectivity index (χ3n) is 2.65. The summed E-state index contributed by atoms with van der Waals surface area (Å²) in [6.45, 7) is 5.06. The van der Waals surface area contributed by atoms with E-state index in [2.05, 4.69) is 17.1 Å². The van der Waals surface area contributed by atoms with Crippen molar-refractivity contribution in [2.45, 2.75) is 26.9 Å². The van der Waals surface area contributed by atoms with Crippen molar-refractivity contribution in [1.82, 2.24) is 10.1 Å². The Kier molecular flexibility index (Phi) is 3.94. The van der Waals surface area contributed by atoms with Crippen LogP contribution in [0.15, 0.2) is 22.7 Å². The molecule has 0 saturated heterocycles. The highest BCUT2D eigenvalue weighted by atomic mass is 16.5. The minimum absolute atomic E-state index is 0.374. The van der Waals surface area contributed by atoms with E-state index < -0.39 is 0 Å². The topological polar surface area (TPSA) is 74.2 Å². The van der Waals surface area contributed by atoms with E-state index in [9.17, 15) is 0 Å². The Bertz CT molecular complexity index is 523. The van der Waals surface area contributed by atoms with Crippen LogP contribution in [0, 0.1) is 6.92 Å². The van der Waals surface area contributed by atoms with Crippen LogP contribution < -0.4 is 5.73 Å². The van der Waals surface area contributed by atoms with Crippen molar-refractivity contribution in [2.75, 3.05) is 12.3 Å². The predicted molar refractivity (Wildman–Crippen MR) is 68.8 cm³/mol. The number of hydrogen-bond acceptors (Lipinski definition) is 5. The van der Waals surface area contributed by atoms with Crippen LogP contribution in [0.1, 0.15) is 24.7 Å². The lowest BCUT2D eigenvalue weighted by Crippen LogP contribution is -1.96. The summed E-state index contributed by atoms with van der Waals surface area (Å²) in [5, 5.41) is 3.88. The van der Waals surface area contributed by atoms with Crippen molar-refractivity contribution < 1.29 is 9.26 Å². The largest absolute Gasteiger partial charge is 0.398 e. The predicted octanol–water partition coefficient (Wildman–Crippen LogP) is 2.55. The van der Waals surface area contributed by atoms with Crippen LogP contribution in [-0.2, 0) is 11.3 Å². The summed E-state index contributed by atoms with van der Waals surface area (Å²) >= 11 is 0. The number of aromatic nitrogens is 2. The summed E-state index contributed by atoms with van der Waals surface area (Å²) in [7, 11) is 0. The first-order valence-corrected chi connectivity index (χ1v) is 5.98. The molecule has 1 heterocycles. The first-order valence-electron chi connectivity index (χ1n) is 5.98. The summed E-state index contributed by atoms with van der Waals surface area (Å²) in [6.07, 6.45) is 0.971. The third-order valence-corrected chi connectivity index (χ3v) is 2.65. The van der Waals surface area contributed by atoms with Crippen molar-refractivity contribution in [1.29, 1.82) is 0 Å². The third kappa shape index (κ3) is 2.68. The highest BCUT2D eigenvalue weighted by Crippen LogP contribution is 2.25. The Balaban J connectivity index is 2.16. The van der Waals surface area contributed by atoms with Crippen molar-refractivity contribution in [3.8, 4) is 11.5 Å². The number of nitrogens with zero attached hydrogens (tertiary/aromatic N) is 2. The lowest BCUT2D eigenvalue weighted by molar-refractivity contribution is 0.114. The van der Waals surface area contributed by atoms with Gasteiger partial charge < -0.3 is 15.0 Å². The molecule has 5 nitrogen and oxygen atoms in total. The van der Waals surface area contributed by atoms with Gasteiger partial charge in [0, 0.05) is 17.9 Å². The fraction of sp³-hybridized carbons (Fsp3) is 0.385. The zero-order valence-corrected chi connectivity index (χ0v) is 10.6. The van der Waals surface area contributed by atoms with Crippen LogP contribution in [0.2, 0.25) is 0 Å². The molecule has 0 aliphatic heterocycles. The molecule has 5 heteroatoms. The van der Waals surface area contributed by atoms with Crippen LogP contribution in [0.4, 0.5) is 5.69 Å². The number of benzene rings is 1. The molecule has 18 heavy (non-hydrogen) atoms. The summed E-state index contributed by atoms with van der Waals surface area (Å²) in [5.74, 6) is 1.04. The number of nitrogens with two attached hydrogens (primary N) is 1. The van der Waals surface area contributed by atoms with Gasteiger partial charge in [0.25, 0.3) is 5.89 Å². The molecule has 96 valence electrons. The Morgan fingerprint density at radius 3 is 3.00 bits per heavy atom. The van der Waals surface area contributed by atoms with E-state index in [-0.39, 0.29) is 0 Å². The number of nitrogen functional groups attached to an aromatic ring is 1. The molecule has 0 radical (unpaired) electrons. The molecule has 0 aliphatic carbocycles. The lowest BCUT2D eigenvalue weighted by atomic mass is 10.1. The quantitative estimate of drug-likeness (QED) is 0.649. The Morgan fingerprint density at radius 1 is 1.39 bits per heavy atom. The van der Waals surface area contributed by atoms with Gasteiger partial charge in [-0.25, -0.2) is 0 Å². The maximum absolute atomic E-state index is 5.85. The molecule has 2 aromatic rings. The average Bonchev–Trinajstić information content (AvgIpc) is 2.82. The normalized spacial score (nSPS) is 10.8. The molecule has 0 amide bonds. The van der Waals surface area contributed by atoms with Gasteiger partial charge in [-0.15, -0.1) is 0 Å². The number of anilines is 1. The number of hydrogen-bond donors (Lipinski definition) is 1. The molecule has 0 unspecified atom stereocenters. The van der Waals surface area contributed by atoms with Gasteiger partial charge in [0.2, 0.25) is 0 Å². The van der Waals surface area contributed by atoms with Crippen molar-refractivity contribution in [3.05, 3.63) is 29.6 Å². The summed E-state index contributed by atoms with van der Waals surface area (Å²) in [4.78, 5) is 4.30. The van der Waals surface area contributed by atoms with Gasteiger partial charge in [-0.05, 0) is 31.0 Å². The van der Waals surface area contributed by atoms with Gasteiger partial charge in [0.15, 0.2) is 5.82 Å². The van der Waals surface area contributed by atoms with E-state index in [4.69, 9.17) is 15.0 Å². The second kappa shape index (κ2) is 5.64. The Morgan fingerprint density at radius 2 is 2.22 bits per heavy atom. The zero-order valence-electron chi connectivity index (χ0n) is 10.6. The smallest absolute Gasteiger partial charge is 0.258 e. The average molecular weight is 247 g/mol. The van der Waals surface area contributed by atoms with Gasteiger partial charge in [0.05, 0.1) is 0 Å². The lowest BCUT2D eigenvalue weighted by Gasteiger charge is -2.03. The standard InChI is InChI=1S/C13H17N3O2/c1-3-7-17-8-12-15-13(18-16-12)10-5-4-6-11(14)9(10)2/h4-6H,3,7-8,14H2,1-2H3. The fourth-order valence-corrected chi connectivity index (χ4v) is 1.61. The SMILES string of the molecule is CCCOCc1noc(-c2cccc(N)c2C)n1. The van der Waals surface area contributed by atoms with Gasteiger partial charge in [0.1, 0.15) is 6.61 Å². The fourth-order valence-electron chi connectivity index (χ4n) is 1.61. The number of rotatable bonds is 5.